The first kappa shape index (κ1) is 15.4. The zero-order valence-electron chi connectivity index (χ0n) is 12.9. The number of benzene rings is 2. The van der Waals surface area contributed by atoms with E-state index in [9.17, 15) is 0 Å². The molecule has 0 atom stereocenters. The second-order valence-corrected chi connectivity index (χ2v) is 5.15. The maximum Gasteiger partial charge on any atom is 0.132 e. The Morgan fingerprint density at radius 3 is 2.75 bits per heavy atom. The molecule has 0 spiro atoms. The van der Waals surface area contributed by atoms with E-state index in [2.05, 4.69) is 21.5 Å². The van der Waals surface area contributed by atoms with Crippen molar-refractivity contribution in [1.29, 1.82) is 10.8 Å². The summed E-state index contributed by atoms with van der Waals surface area (Å²) in [6.07, 6.45) is 6.86. The summed E-state index contributed by atoms with van der Waals surface area (Å²) < 4.78 is 0. The third-order valence-electron chi connectivity index (χ3n) is 3.44. The standard InChI is InChI=1S/C18H18N6/c19-12-13-5-3-6-14(11-13)22-18(20)15-7-1-2-8-16(15)23-17-9-4-10-21-24-17/h1-12,19,21,23-24H,(H2,20,22). The van der Waals surface area contributed by atoms with Crippen LogP contribution in [0.5, 0.6) is 0 Å². The molecule has 0 radical (unpaired) electrons. The van der Waals surface area contributed by atoms with Gasteiger partial charge in [-0.1, -0.05) is 24.3 Å². The van der Waals surface area contributed by atoms with Crippen LogP contribution in [0.3, 0.4) is 0 Å². The Hall–Kier alpha value is -3.54. The summed E-state index contributed by atoms with van der Waals surface area (Å²) >= 11 is 0. The number of hydrogen-bond acceptors (Lipinski definition) is 5. The van der Waals surface area contributed by atoms with Gasteiger partial charge in [-0.15, -0.1) is 0 Å². The van der Waals surface area contributed by atoms with Crippen LogP contribution in [0.15, 0.2) is 72.7 Å². The first-order valence-corrected chi connectivity index (χ1v) is 7.47. The van der Waals surface area contributed by atoms with Gasteiger partial charge in [0.2, 0.25) is 0 Å². The lowest BCUT2D eigenvalue weighted by Crippen LogP contribution is -2.32. The number of rotatable bonds is 5. The molecule has 0 aliphatic carbocycles. The summed E-state index contributed by atoms with van der Waals surface area (Å²) in [5.41, 5.74) is 9.02. The molecule has 6 heteroatoms. The van der Waals surface area contributed by atoms with Crippen molar-refractivity contribution in [1.82, 2.24) is 10.9 Å². The molecule has 1 heterocycles. The molecule has 6 nitrogen and oxygen atoms in total. The number of para-hydroxylation sites is 1. The molecule has 0 saturated heterocycles. The van der Waals surface area contributed by atoms with Gasteiger partial charge < -0.3 is 21.5 Å². The van der Waals surface area contributed by atoms with Gasteiger partial charge in [0.1, 0.15) is 11.7 Å². The molecule has 2 aromatic rings. The normalized spacial score (nSPS) is 12.4. The van der Waals surface area contributed by atoms with Gasteiger partial charge in [0.05, 0.1) is 5.69 Å². The zero-order valence-corrected chi connectivity index (χ0v) is 12.9. The number of anilines is 2. The fourth-order valence-electron chi connectivity index (χ4n) is 2.30. The van der Waals surface area contributed by atoms with Crippen molar-refractivity contribution in [2.24, 2.45) is 0 Å². The SMILES string of the molecule is N=Cc1cccc(NC(=N)c2ccccc2NC2=CC=CNN2)c1. The monoisotopic (exact) mass is 318 g/mol. The molecule has 1 aliphatic heterocycles. The van der Waals surface area contributed by atoms with Gasteiger partial charge in [-0.3, -0.25) is 10.8 Å². The average molecular weight is 318 g/mol. The topological polar surface area (TPSA) is 95.8 Å². The summed E-state index contributed by atoms with van der Waals surface area (Å²) in [5, 5.41) is 22.0. The van der Waals surface area contributed by atoms with Gasteiger partial charge in [0.25, 0.3) is 0 Å². The lowest BCUT2D eigenvalue weighted by atomic mass is 10.1. The van der Waals surface area contributed by atoms with Crippen molar-refractivity contribution in [2.75, 3.05) is 10.6 Å². The third kappa shape index (κ3) is 3.61. The zero-order chi connectivity index (χ0) is 16.8. The van der Waals surface area contributed by atoms with E-state index in [0.29, 0.717) is 0 Å². The number of nitrogens with one attached hydrogen (secondary N) is 6. The van der Waals surface area contributed by atoms with Crippen LogP contribution in [0.1, 0.15) is 11.1 Å². The van der Waals surface area contributed by atoms with E-state index in [1.807, 2.05) is 60.7 Å². The molecule has 24 heavy (non-hydrogen) atoms. The molecule has 0 aromatic heterocycles. The van der Waals surface area contributed by atoms with Gasteiger partial charge in [0, 0.05) is 23.7 Å². The predicted molar refractivity (Wildman–Crippen MR) is 98.3 cm³/mol. The lowest BCUT2D eigenvalue weighted by Gasteiger charge is -2.18. The molecule has 0 bridgehead atoms. The minimum atomic E-state index is 0.278. The molecular formula is C18H18N6. The first-order valence-electron chi connectivity index (χ1n) is 7.47. The quantitative estimate of drug-likeness (QED) is 0.377. The first-order chi connectivity index (χ1) is 11.8. The Morgan fingerprint density at radius 2 is 1.96 bits per heavy atom. The molecule has 0 saturated carbocycles. The predicted octanol–water partition coefficient (Wildman–Crippen LogP) is 3.00. The smallest absolute Gasteiger partial charge is 0.132 e. The van der Waals surface area contributed by atoms with Gasteiger partial charge >= 0.3 is 0 Å². The minimum Gasteiger partial charge on any atom is -0.340 e. The van der Waals surface area contributed by atoms with Crippen LogP contribution in [-0.4, -0.2) is 12.1 Å². The van der Waals surface area contributed by atoms with Crippen LogP contribution in [-0.2, 0) is 0 Å². The molecule has 3 rings (SSSR count). The van der Waals surface area contributed by atoms with E-state index < -0.39 is 0 Å². The lowest BCUT2D eigenvalue weighted by molar-refractivity contribution is 0.723. The number of hydrazine groups is 1. The van der Waals surface area contributed by atoms with Crippen molar-refractivity contribution >= 4 is 23.4 Å². The second-order valence-electron chi connectivity index (χ2n) is 5.15. The van der Waals surface area contributed by atoms with Crippen LogP contribution < -0.4 is 21.5 Å². The molecule has 0 amide bonds. The fourth-order valence-corrected chi connectivity index (χ4v) is 2.30. The Kier molecular flexibility index (Phi) is 4.57. The van der Waals surface area contributed by atoms with E-state index in [1.165, 1.54) is 6.21 Å². The van der Waals surface area contributed by atoms with E-state index in [0.717, 1.165) is 28.3 Å². The van der Waals surface area contributed by atoms with Gasteiger partial charge in [0.15, 0.2) is 0 Å². The van der Waals surface area contributed by atoms with E-state index in [4.69, 9.17) is 10.8 Å². The molecular weight excluding hydrogens is 300 g/mol. The fraction of sp³-hybridized carbons (Fsp3) is 0. The molecule has 6 N–H and O–H groups in total. The van der Waals surface area contributed by atoms with Crippen LogP contribution >= 0.6 is 0 Å². The van der Waals surface area contributed by atoms with Gasteiger partial charge in [-0.2, -0.15) is 0 Å². The highest BCUT2D eigenvalue weighted by atomic mass is 15.4. The minimum absolute atomic E-state index is 0.278. The van der Waals surface area contributed by atoms with Crippen molar-refractivity contribution < 1.29 is 0 Å². The molecule has 0 fully saturated rings. The summed E-state index contributed by atoms with van der Waals surface area (Å²) in [6, 6.07) is 15.0. The Bertz CT molecular complexity index is 822. The van der Waals surface area contributed by atoms with Crippen molar-refractivity contribution in [3.8, 4) is 0 Å². The number of allylic oxidation sites excluding steroid dienone is 2. The van der Waals surface area contributed by atoms with Crippen molar-refractivity contribution in [2.45, 2.75) is 0 Å². The highest BCUT2D eigenvalue weighted by molar-refractivity contribution is 6.10. The summed E-state index contributed by atoms with van der Waals surface area (Å²) in [5.74, 6) is 1.07. The van der Waals surface area contributed by atoms with Crippen LogP contribution in [0, 0.1) is 10.8 Å². The van der Waals surface area contributed by atoms with Crippen LogP contribution in [0.4, 0.5) is 11.4 Å². The molecule has 120 valence electrons. The highest BCUT2D eigenvalue weighted by Gasteiger charge is 2.09. The molecule has 2 aromatic carbocycles. The Morgan fingerprint density at radius 1 is 1.08 bits per heavy atom. The van der Waals surface area contributed by atoms with E-state index in [-0.39, 0.29) is 5.84 Å². The van der Waals surface area contributed by atoms with Crippen molar-refractivity contribution in [3.63, 3.8) is 0 Å². The summed E-state index contributed by atoms with van der Waals surface area (Å²) in [7, 11) is 0. The maximum atomic E-state index is 8.38. The third-order valence-corrected chi connectivity index (χ3v) is 3.44. The molecule has 0 unspecified atom stereocenters. The Balaban J connectivity index is 1.80. The van der Waals surface area contributed by atoms with Gasteiger partial charge in [-0.25, -0.2) is 0 Å². The Labute approximate surface area is 140 Å². The van der Waals surface area contributed by atoms with Crippen molar-refractivity contribution in [3.05, 3.63) is 83.8 Å². The summed E-state index contributed by atoms with van der Waals surface area (Å²) in [4.78, 5) is 0. The van der Waals surface area contributed by atoms with Crippen LogP contribution in [0.25, 0.3) is 0 Å². The van der Waals surface area contributed by atoms with Gasteiger partial charge in [-0.05, 0) is 42.0 Å². The largest absolute Gasteiger partial charge is 0.340 e. The van der Waals surface area contributed by atoms with E-state index >= 15 is 0 Å². The average Bonchev–Trinajstić information content (AvgIpc) is 2.63. The highest BCUT2D eigenvalue weighted by Crippen LogP contribution is 2.19. The number of hydrogen-bond donors (Lipinski definition) is 6. The van der Waals surface area contributed by atoms with Crippen LogP contribution in [0.2, 0.25) is 0 Å². The number of amidine groups is 1. The van der Waals surface area contributed by atoms with E-state index in [1.54, 1.807) is 6.20 Å². The maximum absolute atomic E-state index is 8.38. The summed E-state index contributed by atoms with van der Waals surface area (Å²) in [6.45, 7) is 0. The molecule has 1 aliphatic rings. The second kappa shape index (κ2) is 7.15.